The molecule has 0 radical (unpaired) electrons. The van der Waals surface area contributed by atoms with Gasteiger partial charge in [-0.1, -0.05) is 6.07 Å². The SMILES string of the molecule is CNc1ccc(CN(C)Cc2nccn2C)cn1. The fourth-order valence-electron chi connectivity index (χ4n) is 1.82. The van der Waals surface area contributed by atoms with Crippen molar-refractivity contribution in [3.05, 3.63) is 42.1 Å². The normalized spacial score (nSPS) is 10.9. The number of rotatable bonds is 5. The summed E-state index contributed by atoms with van der Waals surface area (Å²) in [6.07, 6.45) is 5.69. The largest absolute Gasteiger partial charge is 0.373 e. The van der Waals surface area contributed by atoms with Gasteiger partial charge in [0, 0.05) is 39.2 Å². The van der Waals surface area contributed by atoms with E-state index in [2.05, 4.69) is 33.3 Å². The van der Waals surface area contributed by atoms with Crippen molar-refractivity contribution in [3.8, 4) is 0 Å². The average Bonchev–Trinajstić information content (AvgIpc) is 2.76. The molecule has 5 nitrogen and oxygen atoms in total. The lowest BCUT2D eigenvalue weighted by Crippen LogP contribution is -2.19. The number of nitrogens with one attached hydrogen (secondary N) is 1. The zero-order valence-corrected chi connectivity index (χ0v) is 11.1. The van der Waals surface area contributed by atoms with Crippen molar-refractivity contribution in [2.24, 2.45) is 7.05 Å². The standard InChI is InChI=1S/C13H19N5/c1-14-12-5-4-11(8-16-12)9-17(2)10-13-15-6-7-18(13)3/h4-8H,9-10H2,1-3H3,(H,14,16). The smallest absolute Gasteiger partial charge is 0.125 e. The summed E-state index contributed by atoms with van der Waals surface area (Å²) in [5.41, 5.74) is 1.20. The second kappa shape index (κ2) is 5.64. The van der Waals surface area contributed by atoms with Crippen LogP contribution in [0.5, 0.6) is 0 Å². The zero-order chi connectivity index (χ0) is 13.0. The Balaban J connectivity index is 1.94. The molecule has 5 heteroatoms. The van der Waals surface area contributed by atoms with Gasteiger partial charge in [-0.3, -0.25) is 4.90 Å². The number of nitrogens with zero attached hydrogens (tertiary/aromatic N) is 4. The maximum Gasteiger partial charge on any atom is 0.125 e. The number of aromatic nitrogens is 3. The molecule has 0 aliphatic heterocycles. The van der Waals surface area contributed by atoms with Gasteiger partial charge in [0.25, 0.3) is 0 Å². The second-order valence-electron chi connectivity index (χ2n) is 4.43. The fourth-order valence-corrected chi connectivity index (χ4v) is 1.82. The summed E-state index contributed by atoms with van der Waals surface area (Å²) < 4.78 is 2.04. The van der Waals surface area contributed by atoms with Crippen molar-refractivity contribution >= 4 is 5.82 Å². The summed E-state index contributed by atoms with van der Waals surface area (Å²) in [6.45, 7) is 1.70. The number of anilines is 1. The zero-order valence-electron chi connectivity index (χ0n) is 11.1. The third-order valence-corrected chi connectivity index (χ3v) is 2.87. The molecule has 0 spiro atoms. The van der Waals surface area contributed by atoms with E-state index >= 15 is 0 Å². The van der Waals surface area contributed by atoms with Gasteiger partial charge in [-0.2, -0.15) is 0 Å². The van der Waals surface area contributed by atoms with Gasteiger partial charge in [-0.15, -0.1) is 0 Å². The van der Waals surface area contributed by atoms with E-state index in [-0.39, 0.29) is 0 Å². The van der Waals surface area contributed by atoms with Crippen LogP contribution in [0.4, 0.5) is 5.82 Å². The Morgan fingerprint density at radius 1 is 1.28 bits per heavy atom. The molecule has 2 aromatic rings. The third kappa shape index (κ3) is 3.07. The highest BCUT2D eigenvalue weighted by Gasteiger charge is 2.05. The molecule has 96 valence electrons. The number of pyridine rings is 1. The Morgan fingerprint density at radius 2 is 2.11 bits per heavy atom. The Labute approximate surface area is 107 Å². The maximum atomic E-state index is 4.32. The van der Waals surface area contributed by atoms with Crippen LogP contribution in [0, 0.1) is 0 Å². The van der Waals surface area contributed by atoms with Crippen LogP contribution in [0.3, 0.4) is 0 Å². The monoisotopic (exact) mass is 245 g/mol. The number of aryl methyl sites for hydroxylation is 1. The lowest BCUT2D eigenvalue weighted by atomic mass is 10.2. The molecule has 0 saturated carbocycles. The first kappa shape index (κ1) is 12.6. The van der Waals surface area contributed by atoms with Crippen LogP contribution in [-0.4, -0.2) is 33.5 Å². The lowest BCUT2D eigenvalue weighted by Gasteiger charge is -2.16. The molecule has 1 N–H and O–H groups in total. The van der Waals surface area contributed by atoms with Crippen molar-refractivity contribution < 1.29 is 0 Å². The quantitative estimate of drug-likeness (QED) is 0.867. The molecule has 0 bridgehead atoms. The molecule has 0 unspecified atom stereocenters. The van der Waals surface area contributed by atoms with Crippen LogP contribution >= 0.6 is 0 Å². The molecule has 0 amide bonds. The van der Waals surface area contributed by atoms with Crippen LogP contribution < -0.4 is 5.32 Å². The van der Waals surface area contributed by atoms with E-state index in [1.807, 2.05) is 43.3 Å². The van der Waals surface area contributed by atoms with Gasteiger partial charge in [0.1, 0.15) is 11.6 Å². The van der Waals surface area contributed by atoms with E-state index < -0.39 is 0 Å². The van der Waals surface area contributed by atoms with Crippen molar-refractivity contribution in [2.75, 3.05) is 19.4 Å². The average molecular weight is 245 g/mol. The molecular weight excluding hydrogens is 226 g/mol. The minimum atomic E-state index is 0.831. The second-order valence-corrected chi connectivity index (χ2v) is 4.43. The predicted octanol–water partition coefficient (Wildman–Crippen LogP) is 1.49. The highest BCUT2D eigenvalue weighted by atomic mass is 15.1. The Morgan fingerprint density at radius 3 is 2.67 bits per heavy atom. The molecule has 0 saturated heterocycles. The summed E-state index contributed by atoms with van der Waals surface area (Å²) in [4.78, 5) is 10.8. The first-order valence-electron chi connectivity index (χ1n) is 5.96. The van der Waals surface area contributed by atoms with E-state index in [1.165, 1.54) is 5.56 Å². The van der Waals surface area contributed by atoms with Crippen molar-refractivity contribution in [2.45, 2.75) is 13.1 Å². The van der Waals surface area contributed by atoms with E-state index in [9.17, 15) is 0 Å². The Hall–Kier alpha value is -1.88. The van der Waals surface area contributed by atoms with Gasteiger partial charge in [0.05, 0.1) is 6.54 Å². The summed E-state index contributed by atoms with van der Waals surface area (Å²) in [7, 11) is 5.97. The third-order valence-electron chi connectivity index (χ3n) is 2.87. The van der Waals surface area contributed by atoms with Gasteiger partial charge in [-0.25, -0.2) is 9.97 Å². The van der Waals surface area contributed by atoms with Gasteiger partial charge in [-0.05, 0) is 18.7 Å². The molecule has 0 aromatic carbocycles. The highest BCUT2D eigenvalue weighted by molar-refractivity contribution is 5.34. The minimum absolute atomic E-state index is 0.831. The maximum absolute atomic E-state index is 4.32. The highest BCUT2D eigenvalue weighted by Crippen LogP contribution is 2.08. The Kier molecular flexibility index (Phi) is 3.94. The van der Waals surface area contributed by atoms with Crippen LogP contribution in [0.2, 0.25) is 0 Å². The minimum Gasteiger partial charge on any atom is -0.373 e. The van der Waals surface area contributed by atoms with Crippen molar-refractivity contribution in [1.82, 2.24) is 19.4 Å². The summed E-state index contributed by atoms with van der Waals surface area (Å²) >= 11 is 0. The van der Waals surface area contributed by atoms with Crippen LogP contribution in [-0.2, 0) is 20.1 Å². The van der Waals surface area contributed by atoms with Crippen molar-refractivity contribution in [1.29, 1.82) is 0 Å². The first-order valence-corrected chi connectivity index (χ1v) is 5.96. The summed E-state index contributed by atoms with van der Waals surface area (Å²) in [5.74, 6) is 1.96. The van der Waals surface area contributed by atoms with Crippen LogP contribution in [0.25, 0.3) is 0 Å². The first-order chi connectivity index (χ1) is 8.69. The number of hydrogen-bond acceptors (Lipinski definition) is 4. The molecule has 0 atom stereocenters. The topological polar surface area (TPSA) is 46.0 Å². The van der Waals surface area contributed by atoms with Crippen LogP contribution in [0.1, 0.15) is 11.4 Å². The molecule has 0 fully saturated rings. The van der Waals surface area contributed by atoms with Gasteiger partial charge >= 0.3 is 0 Å². The van der Waals surface area contributed by atoms with Crippen LogP contribution in [0.15, 0.2) is 30.7 Å². The fraction of sp³-hybridized carbons (Fsp3) is 0.385. The Bertz CT molecular complexity index is 488. The molecular formula is C13H19N5. The molecule has 0 aliphatic carbocycles. The molecule has 2 rings (SSSR count). The van der Waals surface area contributed by atoms with Gasteiger partial charge in [0.15, 0.2) is 0 Å². The van der Waals surface area contributed by atoms with E-state index in [4.69, 9.17) is 0 Å². The van der Waals surface area contributed by atoms with E-state index in [0.717, 1.165) is 24.7 Å². The number of hydrogen-bond donors (Lipinski definition) is 1. The lowest BCUT2D eigenvalue weighted by molar-refractivity contribution is 0.307. The summed E-state index contributed by atoms with van der Waals surface area (Å²) in [5, 5.41) is 3.01. The predicted molar refractivity (Wildman–Crippen MR) is 72.2 cm³/mol. The van der Waals surface area contributed by atoms with Gasteiger partial charge in [0.2, 0.25) is 0 Å². The van der Waals surface area contributed by atoms with E-state index in [1.54, 1.807) is 0 Å². The molecule has 18 heavy (non-hydrogen) atoms. The molecule has 0 aliphatic rings. The summed E-state index contributed by atoms with van der Waals surface area (Å²) in [6, 6.07) is 4.08. The number of imidazole rings is 1. The van der Waals surface area contributed by atoms with E-state index in [0.29, 0.717) is 0 Å². The molecule has 2 heterocycles. The van der Waals surface area contributed by atoms with Crippen molar-refractivity contribution in [3.63, 3.8) is 0 Å². The molecule has 2 aromatic heterocycles. The van der Waals surface area contributed by atoms with Gasteiger partial charge < -0.3 is 9.88 Å².